The zero-order chi connectivity index (χ0) is 14.3. The van der Waals surface area contributed by atoms with Gasteiger partial charge < -0.3 is 5.32 Å². The smallest absolute Gasteiger partial charge is 0.363 e. The molecule has 3 rings (SSSR count). The topological polar surface area (TPSA) is 29.9 Å². The highest BCUT2D eigenvalue weighted by Crippen LogP contribution is 2.43. The number of rotatable bonds is 1. The fraction of sp³-hybridized carbons (Fsp3) is 0.308. The molecule has 20 heavy (non-hydrogen) atoms. The number of hydrogen-bond donors (Lipinski definition) is 1. The molecule has 0 saturated carbocycles. The molecule has 1 aromatic carbocycles. The van der Waals surface area contributed by atoms with Crippen molar-refractivity contribution in [2.45, 2.75) is 24.7 Å². The van der Waals surface area contributed by atoms with Crippen LogP contribution in [-0.2, 0) is 0 Å². The number of aromatic nitrogens is 2. The van der Waals surface area contributed by atoms with Gasteiger partial charge >= 0.3 is 6.18 Å². The highest BCUT2D eigenvalue weighted by molar-refractivity contribution is 9.10. The van der Waals surface area contributed by atoms with Gasteiger partial charge in [0.05, 0.1) is 12.2 Å². The van der Waals surface area contributed by atoms with Crippen LogP contribution >= 0.6 is 15.9 Å². The fourth-order valence-electron chi connectivity index (χ4n) is 2.42. The van der Waals surface area contributed by atoms with Gasteiger partial charge in [0, 0.05) is 17.0 Å². The zero-order valence-corrected chi connectivity index (χ0v) is 11.8. The summed E-state index contributed by atoms with van der Waals surface area (Å²) in [4.78, 5) is 0. The number of hydrogen-bond acceptors (Lipinski definition) is 2. The Morgan fingerprint density at radius 3 is 2.55 bits per heavy atom. The van der Waals surface area contributed by atoms with Crippen LogP contribution in [0.1, 0.15) is 24.1 Å². The molecule has 2 atom stereocenters. The molecule has 0 saturated heterocycles. The quantitative estimate of drug-likeness (QED) is 0.834. The van der Waals surface area contributed by atoms with E-state index < -0.39 is 12.2 Å². The number of anilines is 1. The Kier molecular flexibility index (Phi) is 3.24. The maximum absolute atomic E-state index is 13.2. The molecular formula is C13H11BrF3N3. The van der Waals surface area contributed by atoms with Crippen molar-refractivity contribution in [3.05, 3.63) is 46.6 Å². The van der Waals surface area contributed by atoms with E-state index in [1.165, 1.54) is 6.20 Å². The number of benzene rings is 1. The minimum absolute atomic E-state index is 0.0696. The van der Waals surface area contributed by atoms with Crippen LogP contribution in [-0.4, -0.2) is 16.0 Å². The summed E-state index contributed by atoms with van der Waals surface area (Å²) in [5.74, 6) is 0.395. The third kappa shape index (κ3) is 2.42. The van der Waals surface area contributed by atoms with Crippen LogP contribution in [0.25, 0.3) is 0 Å². The molecule has 3 nitrogen and oxygen atoms in total. The Morgan fingerprint density at radius 2 is 1.90 bits per heavy atom. The molecular weight excluding hydrogens is 335 g/mol. The number of alkyl halides is 3. The van der Waals surface area contributed by atoms with Crippen molar-refractivity contribution >= 4 is 21.7 Å². The maximum Gasteiger partial charge on any atom is 0.410 e. The Bertz CT molecular complexity index is 606. The van der Waals surface area contributed by atoms with Crippen molar-refractivity contribution < 1.29 is 13.2 Å². The highest BCUT2D eigenvalue weighted by Gasteiger charge is 2.46. The second-order valence-corrected chi connectivity index (χ2v) is 5.62. The van der Waals surface area contributed by atoms with Crippen molar-refractivity contribution in [3.8, 4) is 0 Å². The zero-order valence-electron chi connectivity index (χ0n) is 10.2. The molecule has 2 heterocycles. The lowest BCUT2D eigenvalue weighted by Crippen LogP contribution is -2.35. The molecule has 0 fully saturated rings. The van der Waals surface area contributed by atoms with Crippen LogP contribution in [0.4, 0.5) is 19.0 Å². The molecule has 1 N–H and O–H groups in total. The molecule has 106 valence electrons. The van der Waals surface area contributed by atoms with Gasteiger partial charge in [-0.1, -0.05) is 28.1 Å². The Hall–Kier alpha value is -1.50. The maximum atomic E-state index is 13.2. The lowest BCUT2D eigenvalue weighted by molar-refractivity contribution is -0.173. The van der Waals surface area contributed by atoms with Crippen LogP contribution in [0, 0.1) is 0 Å². The average molecular weight is 346 g/mol. The van der Waals surface area contributed by atoms with Crippen molar-refractivity contribution in [1.29, 1.82) is 0 Å². The van der Waals surface area contributed by atoms with Gasteiger partial charge in [-0.05, 0) is 17.7 Å². The van der Waals surface area contributed by atoms with Crippen LogP contribution < -0.4 is 5.32 Å². The van der Waals surface area contributed by atoms with E-state index in [0.717, 1.165) is 14.7 Å². The first-order chi connectivity index (χ1) is 9.45. The Morgan fingerprint density at radius 1 is 1.20 bits per heavy atom. The van der Waals surface area contributed by atoms with Gasteiger partial charge in [-0.3, -0.25) is 0 Å². The number of nitrogens with one attached hydrogen (secondary N) is 1. The molecule has 1 aromatic heterocycles. The third-order valence-corrected chi connectivity index (χ3v) is 3.93. The van der Waals surface area contributed by atoms with Gasteiger partial charge in [0.1, 0.15) is 5.82 Å². The molecule has 0 amide bonds. The van der Waals surface area contributed by atoms with Gasteiger partial charge in [0.2, 0.25) is 0 Å². The summed E-state index contributed by atoms with van der Waals surface area (Å²) in [7, 11) is 0. The summed E-state index contributed by atoms with van der Waals surface area (Å²) in [5.41, 5.74) is 0.829. The predicted octanol–water partition coefficient (Wildman–Crippen LogP) is 4.31. The summed E-state index contributed by atoms with van der Waals surface area (Å²) in [5, 5.41) is 6.87. The van der Waals surface area contributed by atoms with Gasteiger partial charge in [-0.2, -0.15) is 18.3 Å². The van der Waals surface area contributed by atoms with Crippen LogP contribution in [0.15, 0.2) is 41.0 Å². The number of halogens is 4. The lowest BCUT2D eigenvalue weighted by atomic mass is 9.97. The summed E-state index contributed by atoms with van der Waals surface area (Å²) in [6.45, 7) is 0. The van der Waals surface area contributed by atoms with E-state index in [1.54, 1.807) is 6.07 Å². The van der Waals surface area contributed by atoms with E-state index in [1.807, 2.05) is 24.3 Å². The standard InChI is InChI=1S/C13H11BrF3N3/c14-9-3-1-8(2-4-9)10-7-11(13(15,16)17)20-12(19-10)5-6-18-20/h1-6,10-11,19H,7H2/t10-,11+/m1/s1. The molecule has 0 unspecified atom stereocenters. The lowest BCUT2D eigenvalue weighted by Gasteiger charge is -2.33. The summed E-state index contributed by atoms with van der Waals surface area (Å²) in [6.07, 6.45) is -3.00. The fourth-order valence-corrected chi connectivity index (χ4v) is 2.69. The first-order valence-electron chi connectivity index (χ1n) is 6.07. The monoisotopic (exact) mass is 345 g/mol. The largest absolute Gasteiger partial charge is 0.410 e. The SMILES string of the molecule is FC(F)(F)[C@@H]1C[C@H](c2ccc(Br)cc2)Nc2ccnn21. The minimum atomic E-state index is -4.31. The molecule has 0 spiro atoms. The second-order valence-electron chi connectivity index (χ2n) is 4.70. The van der Waals surface area contributed by atoms with Gasteiger partial charge in [0.25, 0.3) is 0 Å². The molecule has 0 radical (unpaired) electrons. The van der Waals surface area contributed by atoms with Crippen LogP contribution in [0.3, 0.4) is 0 Å². The minimum Gasteiger partial charge on any atom is -0.363 e. The van der Waals surface area contributed by atoms with Crippen molar-refractivity contribution in [1.82, 2.24) is 9.78 Å². The number of nitrogens with zero attached hydrogens (tertiary/aromatic N) is 2. The van der Waals surface area contributed by atoms with Crippen molar-refractivity contribution in [3.63, 3.8) is 0 Å². The summed E-state index contributed by atoms with van der Waals surface area (Å²) >= 11 is 3.32. The molecule has 2 aromatic rings. The predicted molar refractivity (Wildman–Crippen MR) is 72.4 cm³/mol. The highest BCUT2D eigenvalue weighted by atomic mass is 79.9. The summed E-state index contributed by atoms with van der Waals surface area (Å²) in [6, 6.07) is 6.88. The van der Waals surface area contributed by atoms with Crippen molar-refractivity contribution in [2.75, 3.05) is 5.32 Å². The second kappa shape index (κ2) is 4.80. The normalized spacial score (nSPS) is 22.2. The first-order valence-corrected chi connectivity index (χ1v) is 6.86. The third-order valence-electron chi connectivity index (χ3n) is 3.40. The van der Waals surface area contributed by atoms with E-state index >= 15 is 0 Å². The Labute approximate surface area is 121 Å². The Balaban J connectivity index is 1.95. The van der Waals surface area contributed by atoms with Crippen LogP contribution in [0.2, 0.25) is 0 Å². The van der Waals surface area contributed by atoms with Crippen molar-refractivity contribution in [2.24, 2.45) is 0 Å². The average Bonchev–Trinajstić information content (AvgIpc) is 2.85. The molecule has 1 aliphatic rings. The van der Waals surface area contributed by atoms with Gasteiger partial charge in [-0.15, -0.1) is 0 Å². The van der Waals surface area contributed by atoms with Crippen LogP contribution in [0.5, 0.6) is 0 Å². The first kappa shape index (κ1) is 13.5. The van der Waals surface area contributed by atoms with E-state index in [4.69, 9.17) is 0 Å². The van der Waals surface area contributed by atoms with E-state index in [2.05, 4.69) is 26.3 Å². The van der Waals surface area contributed by atoms with E-state index in [9.17, 15) is 13.2 Å². The molecule has 1 aliphatic heterocycles. The van der Waals surface area contributed by atoms with Gasteiger partial charge in [-0.25, -0.2) is 4.68 Å². The number of fused-ring (bicyclic) bond motifs is 1. The molecule has 0 bridgehead atoms. The van der Waals surface area contributed by atoms with Gasteiger partial charge in [0.15, 0.2) is 6.04 Å². The molecule has 7 heteroatoms. The van der Waals surface area contributed by atoms with E-state index in [-0.39, 0.29) is 12.5 Å². The van der Waals surface area contributed by atoms with E-state index in [0.29, 0.717) is 5.82 Å². The molecule has 0 aliphatic carbocycles. The summed E-state index contributed by atoms with van der Waals surface area (Å²) < 4.78 is 41.4.